The molecule has 0 aromatic carbocycles. The number of nitrogens with zero attached hydrogens (tertiary/aromatic N) is 1. The van der Waals surface area contributed by atoms with E-state index in [1.807, 2.05) is 0 Å². The molecule has 3 nitrogen and oxygen atoms in total. The predicted octanol–water partition coefficient (Wildman–Crippen LogP) is 1.08. The van der Waals surface area contributed by atoms with Crippen molar-refractivity contribution >= 4 is 5.78 Å². The number of ether oxygens (including phenoxy) is 1. The van der Waals surface area contributed by atoms with Crippen LogP contribution in [-0.4, -0.2) is 43.0 Å². The zero-order valence-corrected chi connectivity index (χ0v) is 9.15. The Hall–Kier alpha value is -0.410. The van der Waals surface area contributed by atoms with Crippen molar-refractivity contribution in [3.8, 4) is 0 Å². The van der Waals surface area contributed by atoms with Crippen molar-refractivity contribution in [2.75, 3.05) is 26.3 Å². The molecule has 0 N–H and O–H groups in total. The zero-order valence-electron chi connectivity index (χ0n) is 9.15. The number of hydrogen-bond acceptors (Lipinski definition) is 3. The van der Waals surface area contributed by atoms with E-state index in [9.17, 15) is 4.79 Å². The monoisotopic (exact) mass is 209 g/mol. The number of Topliss-reactive ketones (excluding diaryl/α,β-unsaturated/α-hetero) is 1. The lowest BCUT2D eigenvalue weighted by atomic mass is 9.79. The number of piperidine rings is 3. The Morgan fingerprint density at radius 1 is 1.27 bits per heavy atom. The summed E-state index contributed by atoms with van der Waals surface area (Å²) < 4.78 is 5.38. The first-order valence-corrected chi connectivity index (χ1v) is 6.20. The molecule has 4 fully saturated rings. The number of carbonyl (C=O) groups excluding carboxylic acids is 1. The van der Waals surface area contributed by atoms with Crippen molar-refractivity contribution in [2.45, 2.75) is 31.7 Å². The van der Waals surface area contributed by atoms with Crippen LogP contribution in [-0.2, 0) is 9.53 Å². The highest BCUT2D eigenvalue weighted by Gasteiger charge is 2.41. The molecule has 0 radical (unpaired) electrons. The van der Waals surface area contributed by atoms with Crippen LogP contribution in [0.25, 0.3) is 0 Å². The summed E-state index contributed by atoms with van der Waals surface area (Å²) in [7, 11) is 0. The molecule has 0 saturated carbocycles. The minimum atomic E-state index is 0.240. The number of rotatable bonds is 2. The highest BCUT2D eigenvalue weighted by molar-refractivity contribution is 5.87. The molecule has 0 aromatic rings. The second-order valence-corrected chi connectivity index (χ2v) is 5.19. The Kier molecular flexibility index (Phi) is 2.53. The van der Waals surface area contributed by atoms with Crippen LogP contribution in [0, 0.1) is 11.8 Å². The summed E-state index contributed by atoms with van der Waals surface area (Å²) in [4.78, 5) is 14.5. The van der Waals surface area contributed by atoms with Gasteiger partial charge in [-0.1, -0.05) is 0 Å². The van der Waals surface area contributed by atoms with Crippen LogP contribution in [0.2, 0.25) is 0 Å². The summed E-state index contributed by atoms with van der Waals surface area (Å²) >= 11 is 0. The molecule has 84 valence electrons. The Morgan fingerprint density at radius 2 is 2.07 bits per heavy atom. The Morgan fingerprint density at radius 3 is 2.67 bits per heavy atom. The Bertz CT molecular complexity index is 252. The predicted molar refractivity (Wildman–Crippen MR) is 56.6 cm³/mol. The fraction of sp³-hybridized carbons (Fsp3) is 0.917. The van der Waals surface area contributed by atoms with Crippen molar-refractivity contribution in [1.82, 2.24) is 4.90 Å². The summed E-state index contributed by atoms with van der Waals surface area (Å²) in [5.41, 5.74) is 0. The molecule has 3 heteroatoms. The highest BCUT2D eigenvalue weighted by Crippen LogP contribution is 2.33. The van der Waals surface area contributed by atoms with Crippen LogP contribution in [0.5, 0.6) is 0 Å². The third-order valence-electron chi connectivity index (χ3n) is 4.28. The second-order valence-electron chi connectivity index (χ2n) is 5.19. The highest BCUT2D eigenvalue weighted by atomic mass is 16.5. The molecule has 4 saturated heterocycles. The fourth-order valence-corrected chi connectivity index (χ4v) is 3.30. The maximum absolute atomic E-state index is 12.1. The van der Waals surface area contributed by atoms with Crippen LogP contribution in [0.4, 0.5) is 0 Å². The normalized spacial score (nSPS) is 44.9. The van der Waals surface area contributed by atoms with Gasteiger partial charge in [-0.05, 0) is 44.7 Å². The maximum Gasteiger partial charge on any atom is 0.153 e. The third-order valence-corrected chi connectivity index (χ3v) is 4.28. The molecule has 15 heavy (non-hydrogen) atoms. The van der Waals surface area contributed by atoms with Crippen LogP contribution in [0.1, 0.15) is 25.7 Å². The van der Waals surface area contributed by atoms with E-state index in [-0.39, 0.29) is 6.04 Å². The molecule has 2 bridgehead atoms. The second kappa shape index (κ2) is 3.87. The average molecular weight is 209 g/mol. The van der Waals surface area contributed by atoms with Gasteiger partial charge in [-0.25, -0.2) is 0 Å². The summed E-state index contributed by atoms with van der Waals surface area (Å²) in [6, 6.07) is 0.240. The SMILES string of the molecule is O=C1C2CCN(CC2)C1CC1CCOC1. The molecule has 4 heterocycles. The van der Waals surface area contributed by atoms with Crippen LogP contribution < -0.4 is 0 Å². The smallest absolute Gasteiger partial charge is 0.153 e. The van der Waals surface area contributed by atoms with Gasteiger partial charge in [0, 0.05) is 19.1 Å². The maximum atomic E-state index is 12.1. The molecule has 4 aliphatic heterocycles. The molecule has 4 rings (SSSR count). The van der Waals surface area contributed by atoms with E-state index in [0.29, 0.717) is 17.6 Å². The number of ketones is 1. The van der Waals surface area contributed by atoms with Gasteiger partial charge in [0.1, 0.15) is 0 Å². The van der Waals surface area contributed by atoms with Gasteiger partial charge in [-0.15, -0.1) is 0 Å². The molecular weight excluding hydrogens is 190 g/mol. The van der Waals surface area contributed by atoms with E-state index in [2.05, 4.69) is 4.90 Å². The average Bonchev–Trinajstić information content (AvgIpc) is 2.77. The van der Waals surface area contributed by atoms with Gasteiger partial charge in [0.15, 0.2) is 5.78 Å². The van der Waals surface area contributed by atoms with Gasteiger partial charge >= 0.3 is 0 Å². The van der Waals surface area contributed by atoms with E-state index in [4.69, 9.17) is 4.74 Å². The molecular formula is C12H19NO2. The molecule has 2 unspecified atom stereocenters. The third kappa shape index (κ3) is 1.72. The van der Waals surface area contributed by atoms with Crippen molar-refractivity contribution in [3.05, 3.63) is 0 Å². The van der Waals surface area contributed by atoms with Gasteiger partial charge in [0.05, 0.1) is 6.04 Å². The van der Waals surface area contributed by atoms with Gasteiger partial charge in [-0.2, -0.15) is 0 Å². The van der Waals surface area contributed by atoms with Crippen molar-refractivity contribution in [1.29, 1.82) is 0 Å². The summed E-state index contributed by atoms with van der Waals surface area (Å²) in [5, 5.41) is 0. The van der Waals surface area contributed by atoms with Crippen molar-refractivity contribution < 1.29 is 9.53 Å². The van der Waals surface area contributed by atoms with Crippen LogP contribution in [0.15, 0.2) is 0 Å². The summed E-state index contributed by atoms with van der Waals surface area (Å²) in [6.45, 7) is 4.07. The first-order valence-electron chi connectivity index (χ1n) is 6.20. The quantitative estimate of drug-likeness (QED) is 0.681. The molecule has 0 aromatic heterocycles. The van der Waals surface area contributed by atoms with Crippen molar-refractivity contribution in [2.24, 2.45) is 11.8 Å². The lowest BCUT2D eigenvalue weighted by Gasteiger charge is -2.44. The van der Waals surface area contributed by atoms with E-state index in [1.165, 1.54) is 0 Å². The molecule has 0 amide bonds. The summed E-state index contributed by atoms with van der Waals surface area (Å²) in [6.07, 6.45) is 4.42. The molecule has 0 aliphatic carbocycles. The summed E-state index contributed by atoms with van der Waals surface area (Å²) in [5.74, 6) is 1.56. The molecule has 0 spiro atoms. The zero-order chi connectivity index (χ0) is 10.3. The van der Waals surface area contributed by atoms with E-state index in [0.717, 1.165) is 52.0 Å². The van der Waals surface area contributed by atoms with E-state index in [1.54, 1.807) is 0 Å². The van der Waals surface area contributed by atoms with E-state index >= 15 is 0 Å². The minimum Gasteiger partial charge on any atom is -0.381 e. The van der Waals surface area contributed by atoms with Crippen molar-refractivity contribution in [3.63, 3.8) is 0 Å². The first kappa shape index (κ1) is 9.79. The lowest BCUT2D eigenvalue weighted by Crippen LogP contribution is -2.55. The Balaban J connectivity index is 1.66. The number of hydrogen-bond donors (Lipinski definition) is 0. The van der Waals surface area contributed by atoms with Crippen LogP contribution >= 0.6 is 0 Å². The minimum absolute atomic E-state index is 0.240. The van der Waals surface area contributed by atoms with Gasteiger partial charge in [0.2, 0.25) is 0 Å². The van der Waals surface area contributed by atoms with Gasteiger partial charge in [-0.3, -0.25) is 9.69 Å². The van der Waals surface area contributed by atoms with Gasteiger partial charge < -0.3 is 4.74 Å². The number of carbonyl (C=O) groups is 1. The van der Waals surface area contributed by atoms with Crippen LogP contribution in [0.3, 0.4) is 0 Å². The topological polar surface area (TPSA) is 29.5 Å². The molecule has 4 aliphatic rings. The number of fused-ring (bicyclic) bond motifs is 3. The fourth-order valence-electron chi connectivity index (χ4n) is 3.30. The first-order chi connectivity index (χ1) is 7.34. The molecule has 2 atom stereocenters. The standard InChI is InChI=1S/C12H19NO2/c14-12-10-1-4-13(5-2-10)11(12)7-9-3-6-15-8-9/h9-11H,1-8H2. The Labute approximate surface area is 90.8 Å². The van der Waals surface area contributed by atoms with Gasteiger partial charge in [0.25, 0.3) is 0 Å². The largest absolute Gasteiger partial charge is 0.381 e. The van der Waals surface area contributed by atoms with E-state index < -0.39 is 0 Å². The lowest BCUT2D eigenvalue weighted by molar-refractivity contribution is -0.137.